The van der Waals surface area contributed by atoms with Crippen LogP contribution in [0.2, 0.25) is 0 Å². The molecule has 0 bridgehead atoms. The van der Waals surface area contributed by atoms with E-state index < -0.39 is 9.05 Å². The largest absolute Gasteiger partial charge is 0.338 e. The van der Waals surface area contributed by atoms with E-state index in [2.05, 4.69) is 6.92 Å². The molecule has 0 spiro atoms. The van der Waals surface area contributed by atoms with E-state index in [9.17, 15) is 13.2 Å². The maximum absolute atomic E-state index is 12.7. The van der Waals surface area contributed by atoms with Crippen molar-refractivity contribution in [1.29, 1.82) is 0 Å². The Hall–Kier alpha value is -1.07. The smallest absolute Gasteiger partial charge is 0.261 e. The van der Waals surface area contributed by atoms with Crippen LogP contribution in [-0.4, -0.2) is 32.3 Å². The molecule has 1 heterocycles. The Morgan fingerprint density at radius 3 is 2.62 bits per heavy atom. The summed E-state index contributed by atoms with van der Waals surface area (Å²) in [5, 5.41) is 0. The first kappa shape index (κ1) is 16.3. The quantitative estimate of drug-likeness (QED) is 0.798. The molecule has 1 aliphatic heterocycles. The zero-order chi connectivity index (χ0) is 15.6. The summed E-state index contributed by atoms with van der Waals surface area (Å²) in [6.07, 6.45) is 2.74. The third kappa shape index (κ3) is 3.58. The first-order valence-electron chi connectivity index (χ1n) is 7.23. The van der Waals surface area contributed by atoms with Crippen LogP contribution in [0, 0.1) is 5.92 Å². The number of halogens is 1. The van der Waals surface area contributed by atoms with Crippen molar-refractivity contribution in [3.05, 3.63) is 29.3 Å². The molecule has 1 aromatic rings. The minimum Gasteiger partial charge on any atom is -0.338 e. The maximum atomic E-state index is 12.7. The van der Waals surface area contributed by atoms with Gasteiger partial charge in [-0.1, -0.05) is 26.3 Å². The topological polar surface area (TPSA) is 54.5 Å². The summed E-state index contributed by atoms with van der Waals surface area (Å²) in [6.45, 7) is 5.55. The van der Waals surface area contributed by atoms with Crippen LogP contribution in [0.5, 0.6) is 0 Å². The molecule has 1 aromatic carbocycles. The molecule has 0 aromatic heterocycles. The zero-order valence-electron chi connectivity index (χ0n) is 12.3. The molecule has 1 unspecified atom stereocenters. The Bertz CT molecular complexity index is 642. The van der Waals surface area contributed by atoms with Gasteiger partial charge < -0.3 is 4.90 Å². The third-order valence-corrected chi connectivity index (χ3v) is 5.48. The van der Waals surface area contributed by atoms with Gasteiger partial charge >= 0.3 is 0 Å². The van der Waals surface area contributed by atoms with Gasteiger partial charge in [0, 0.05) is 29.3 Å². The molecule has 6 heteroatoms. The summed E-state index contributed by atoms with van der Waals surface area (Å²) in [4.78, 5) is 14.5. The fourth-order valence-electron chi connectivity index (χ4n) is 2.74. The zero-order valence-corrected chi connectivity index (χ0v) is 13.9. The highest BCUT2D eigenvalue weighted by molar-refractivity contribution is 8.13. The highest BCUT2D eigenvalue weighted by Crippen LogP contribution is 2.25. The van der Waals surface area contributed by atoms with Crippen LogP contribution in [-0.2, 0) is 15.5 Å². The average molecular weight is 330 g/mol. The van der Waals surface area contributed by atoms with Crippen molar-refractivity contribution in [3.8, 4) is 0 Å². The first-order chi connectivity index (χ1) is 9.86. The molecule has 4 nitrogen and oxygen atoms in total. The lowest BCUT2D eigenvalue weighted by Gasteiger charge is -2.18. The van der Waals surface area contributed by atoms with E-state index in [1.165, 1.54) is 12.1 Å². The summed E-state index contributed by atoms with van der Waals surface area (Å²) in [5.74, 6) is 0.448. The molecule has 0 radical (unpaired) electrons. The van der Waals surface area contributed by atoms with Gasteiger partial charge in [-0.25, -0.2) is 8.42 Å². The number of rotatable bonds is 4. The van der Waals surface area contributed by atoms with E-state index in [0.717, 1.165) is 31.5 Å². The fourth-order valence-corrected chi connectivity index (χ4v) is 3.51. The van der Waals surface area contributed by atoms with Gasteiger partial charge in [-0.15, -0.1) is 0 Å². The summed E-state index contributed by atoms with van der Waals surface area (Å²) in [6, 6.07) is 4.54. The van der Waals surface area contributed by atoms with E-state index in [0.29, 0.717) is 17.9 Å². The predicted molar refractivity (Wildman–Crippen MR) is 83.2 cm³/mol. The Kier molecular flexibility index (Phi) is 4.94. The van der Waals surface area contributed by atoms with Crippen LogP contribution < -0.4 is 0 Å². The molecule has 1 atom stereocenters. The van der Waals surface area contributed by atoms with Gasteiger partial charge in [0.25, 0.3) is 15.0 Å². The van der Waals surface area contributed by atoms with E-state index in [-0.39, 0.29) is 10.8 Å². The highest BCUT2D eigenvalue weighted by Gasteiger charge is 2.27. The van der Waals surface area contributed by atoms with Gasteiger partial charge in [0.05, 0.1) is 4.90 Å². The normalized spacial score (nSPS) is 19.0. The molecule has 1 amide bonds. The van der Waals surface area contributed by atoms with Gasteiger partial charge in [0.1, 0.15) is 0 Å². The van der Waals surface area contributed by atoms with E-state index in [4.69, 9.17) is 10.7 Å². The standard InChI is InChI=1S/C15H20ClNO3S/c1-3-11-7-8-17(10-11)15(18)14-9-13(21(16,19)20)6-5-12(14)4-2/h5-6,9,11H,3-4,7-8,10H2,1-2H3. The first-order valence-corrected chi connectivity index (χ1v) is 9.54. The van der Waals surface area contributed by atoms with Gasteiger partial charge in [0.15, 0.2) is 0 Å². The van der Waals surface area contributed by atoms with Crippen LogP contribution in [0.3, 0.4) is 0 Å². The number of carbonyl (C=O) groups excluding carboxylic acids is 1. The van der Waals surface area contributed by atoms with Gasteiger partial charge in [-0.3, -0.25) is 4.79 Å². The second kappa shape index (κ2) is 6.36. The third-order valence-electron chi connectivity index (χ3n) is 4.12. The molecule has 1 saturated heterocycles. The minimum atomic E-state index is -3.82. The summed E-state index contributed by atoms with van der Waals surface area (Å²) in [5.41, 5.74) is 1.31. The predicted octanol–water partition coefficient (Wildman–Crippen LogP) is 3.05. The monoisotopic (exact) mass is 329 g/mol. The molecule has 0 aliphatic carbocycles. The molecule has 0 saturated carbocycles. The van der Waals surface area contributed by atoms with Crippen molar-refractivity contribution in [1.82, 2.24) is 4.90 Å². The second-order valence-corrected chi connectivity index (χ2v) is 7.99. The number of carbonyl (C=O) groups is 1. The molecule has 0 N–H and O–H groups in total. The van der Waals surface area contributed by atoms with Crippen molar-refractivity contribution in [2.24, 2.45) is 5.92 Å². The second-order valence-electron chi connectivity index (χ2n) is 5.42. The lowest BCUT2D eigenvalue weighted by atomic mass is 10.0. The number of hydrogen-bond acceptors (Lipinski definition) is 3. The van der Waals surface area contributed by atoms with E-state index in [1.54, 1.807) is 6.07 Å². The lowest BCUT2D eigenvalue weighted by molar-refractivity contribution is 0.0785. The van der Waals surface area contributed by atoms with Crippen molar-refractivity contribution in [2.75, 3.05) is 13.1 Å². The van der Waals surface area contributed by atoms with E-state index >= 15 is 0 Å². The van der Waals surface area contributed by atoms with Crippen LogP contribution >= 0.6 is 10.7 Å². The van der Waals surface area contributed by atoms with Crippen molar-refractivity contribution in [3.63, 3.8) is 0 Å². The van der Waals surface area contributed by atoms with Gasteiger partial charge in [-0.2, -0.15) is 0 Å². The molecule has 21 heavy (non-hydrogen) atoms. The molecule has 116 valence electrons. The molecule has 1 aliphatic rings. The molecular formula is C15H20ClNO3S. The minimum absolute atomic E-state index is 0.0176. The number of nitrogens with zero attached hydrogens (tertiary/aromatic N) is 1. The lowest BCUT2D eigenvalue weighted by Crippen LogP contribution is -2.29. The number of amides is 1. The molecule has 2 rings (SSSR count). The van der Waals surface area contributed by atoms with Crippen molar-refractivity contribution < 1.29 is 13.2 Å². The van der Waals surface area contributed by atoms with Crippen molar-refractivity contribution in [2.45, 2.75) is 38.0 Å². The Labute approximate surface area is 130 Å². The maximum Gasteiger partial charge on any atom is 0.261 e. The fraction of sp³-hybridized carbons (Fsp3) is 0.533. The van der Waals surface area contributed by atoms with Gasteiger partial charge in [0.2, 0.25) is 0 Å². The summed E-state index contributed by atoms with van der Waals surface area (Å²) in [7, 11) is 1.56. The molecular weight excluding hydrogens is 310 g/mol. The Morgan fingerprint density at radius 2 is 2.10 bits per heavy atom. The van der Waals surface area contributed by atoms with Crippen LogP contribution in [0.1, 0.15) is 42.6 Å². The van der Waals surface area contributed by atoms with Gasteiger partial charge in [-0.05, 0) is 36.5 Å². The number of benzene rings is 1. The SMILES string of the molecule is CCc1ccc(S(=O)(=O)Cl)cc1C(=O)N1CCC(CC)C1. The van der Waals surface area contributed by atoms with Crippen LogP contribution in [0.25, 0.3) is 0 Å². The van der Waals surface area contributed by atoms with Crippen LogP contribution in [0.4, 0.5) is 0 Å². The summed E-state index contributed by atoms with van der Waals surface area (Å²) < 4.78 is 22.9. The Balaban J connectivity index is 2.35. The number of likely N-dealkylation sites (tertiary alicyclic amines) is 1. The number of hydrogen-bond donors (Lipinski definition) is 0. The average Bonchev–Trinajstić information content (AvgIpc) is 2.93. The van der Waals surface area contributed by atoms with Crippen molar-refractivity contribution >= 4 is 25.6 Å². The molecule has 1 fully saturated rings. The highest BCUT2D eigenvalue weighted by atomic mass is 35.7. The van der Waals surface area contributed by atoms with E-state index in [1.807, 2.05) is 11.8 Å². The summed E-state index contributed by atoms with van der Waals surface area (Å²) >= 11 is 0. The number of aryl methyl sites for hydroxylation is 1. The van der Waals surface area contributed by atoms with Crippen LogP contribution in [0.15, 0.2) is 23.1 Å². The Morgan fingerprint density at radius 1 is 1.38 bits per heavy atom.